The van der Waals surface area contributed by atoms with E-state index in [1.807, 2.05) is 18.2 Å². The number of ether oxygens (including phenoxy) is 3. The molecule has 24 heavy (non-hydrogen) atoms. The van der Waals surface area contributed by atoms with Crippen molar-refractivity contribution in [2.75, 3.05) is 13.2 Å². The van der Waals surface area contributed by atoms with E-state index in [2.05, 4.69) is 0 Å². The van der Waals surface area contributed by atoms with Gasteiger partial charge in [0.25, 0.3) is 0 Å². The van der Waals surface area contributed by atoms with Crippen LogP contribution >= 0.6 is 0 Å². The molecular formula is C19H18O5. The van der Waals surface area contributed by atoms with Crippen LogP contribution in [0.5, 0.6) is 11.5 Å². The number of carbonyl (C=O) groups excluding carboxylic acids is 1. The van der Waals surface area contributed by atoms with Crippen LogP contribution < -0.4 is 4.74 Å². The lowest BCUT2D eigenvalue weighted by molar-refractivity contribution is 0.0254. The molecule has 0 bridgehead atoms. The third-order valence-corrected chi connectivity index (χ3v) is 4.42. The quantitative estimate of drug-likeness (QED) is 0.858. The number of rotatable bonds is 2. The maximum Gasteiger partial charge on any atom is 0.339 e. The molecule has 2 aliphatic heterocycles. The van der Waals surface area contributed by atoms with Gasteiger partial charge in [-0.2, -0.15) is 0 Å². The summed E-state index contributed by atoms with van der Waals surface area (Å²) in [6.07, 6.45) is 1.82. The lowest BCUT2D eigenvalue weighted by Gasteiger charge is -2.23. The summed E-state index contributed by atoms with van der Waals surface area (Å²) in [5, 5.41) is 9.65. The molecule has 0 aromatic heterocycles. The van der Waals surface area contributed by atoms with Crippen LogP contribution in [-0.4, -0.2) is 30.4 Å². The highest BCUT2D eigenvalue weighted by molar-refractivity contribution is 5.99. The summed E-state index contributed by atoms with van der Waals surface area (Å²) >= 11 is 0. The van der Waals surface area contributed by atoms with Gasteiger partial charge in [0.05, 0.1) is 18.8 Å². The molecule has 2 aliphatic rings. The molecular weight excluding hydrogens is 308 g/mol. The highest BCUT2D eigenvalue weighted by atomic mass is 16.5. The Morgan fingerprint density at radius 3 is 2.62 bits per heavy atom. The predicted octanol–water partition coefficient (Wildman–Crippen LogP) is 3.29. The fraction of sp³-hybridized carbons (Fsp3) is 0.316. The average molecular weight is 326 g/mol. The SMILES string of the molecule is O=C1OCc2cc(O)ccc2-c2ccc(OC3CCOCC3)cc21. The Morgan fingerprint density at radius 2 is 1.79 bits per heavy atom. The lowest BCUT2D eigenvalue weighted by atomic mass is 9.96. The van der Waals surface area contributed by atoms with Gasteiger partial charge in [0.15, 0.2) is 0 Å². The number of carbonyl (C=O) groups is 1. The van der Waals surface area contributed by atoms with Gasteiger partial charge in [-0.05, 0) is 41.5 Å². The first-order valence-electron chi connectivity index (χ1n) is 8.08. The largest absolute Gasteiger partial charge is 0.508 e. The number of phenolic OH excluding ortho intramolecular Hbond substituents is 1. The molecule has 2 heterocycles. The molecule has 1 saturated heterocycles. The second-order valence-electron chi connectivity index (χ2n) is 6.05. The maximum atomic E-state index is 12.3. The fourth-order valence-corrected chi connectivity index (χ4v) is 3.17. The van der Waals surface area contributed by atoms with Gasteiger partial charge in [0.2, 0.25) is 0 Å². The van der Waals surface area contributed by atoms with Crippen molar-refractivity contribution in [1.82, 2.24) is 0 Å². The molecule has 0 amide bonds. The summed E-state index contributed by atoms with van der Waals surface area (Å²) in [5.41, 5.74) is 2.97. The molecule has 0 saturated carbocycles. The van der Waals surface area contributed by atoms with E-state index in [4.69, 9.17) is 14.2 Å². The first kappa shape index (κ1) is 15.0. The van der Waals surface area contributed by atoms with Crippen LogP contribution in [0.2, 0.25) is 0 Å². The zero-order chi connectivity index (χ0) is 16.5. The van der Waals surface area contributed by atoms with Crippen LogP contribution in [0.25, 0.3) is 11.1 Å². The first-order chi connectivity index (χ1) is 11.7. The number of cyclic esters (lactones) is 1. The Balaban J connectivity index is 1.70. The fourth-order valence-electron chi connectivity index (χ4n) is 3.17. The summed E-state index contributed by atoms with van der Waals surface area (Å²) in [7, 11) is 0. The van der Waals surface area contributed by atoms with Crippen molar-refractivity contribution in [2.45, 2.75) is 25.6 Å². The highest BCUT2D eigenvalue weighted by Crippen LogP contribution is 2.35. The summed E-state index contributed by atoms with van der Waals surface area (Å²) in [5.74, 6) is 0.450. The Morgan fingerprint density at radius 1 is 1.00 bits per heavy atom. The molecule has 1 fully saturated rings. The smallest absolute Gasteiger partial charge is 0.339 e. The predicted molar refractivity (Wildman–Crippen MR) is 87.1 cm³/mol. The second-order valence-corrected chi connectivity index (χ2v) is 6.05. The van der Waals surface area contributed by atoms with Gasteiger partial charge in [-0.3, -0.25) is 0 Å². The van der Waals surface area contributed by atoms with Crippen LogP contribution in [0.3, 0.4) is 0 Å². The van der Waals surface area contributed by atoms with E-state index in [9.17, 15) is 9.90 Å². The van der Waals surface area contributed by atoms with Crippen LogP contribution in [0.1, 0.15) is 28.8 Å². The molecule has 0 aliphatic carbocycles. The number of hydrogen-bond acceptors (Lipinski definition) is 5. The number of benzene rings is 2. The third kappa shape index (κ3) is 2.83. The molecule has 5 heteroatoms. The van der Waals surface area contributed by atoms with E-state index >= 15 is 0 Å². The van der Waals surface area contributed by atoms with Crippen LogP contribution in [0.4, 0.5) is 0 Å². The minimum Gasteiger partial charge on any atom is -0.508 e. The average Bonchev–Trinajstić information content (AvgIpc) is 2.73. The van der Waals surface area contributed by atoms with Crippen LogP contribution in [-0.2, 0) is 16.1 Å². The molecule has 2 aromatic carbocycles. The van der Waals surface area contributed by atoms with Crippen molar-refractivity contribution in [3.05, 3.63) is 47.5 Å². The van der Waals surface area contributed by atoms with E-state index in [1.165, 1.54) is 0 Å². The normalized spacial score (nSPS) is 17.4. The Labute approximate surface area is 139 Å². The van der Waals surface area contributed by atoms with Crippen molar-refractivity contribution in [2.24, 2.45) is 0 Å². The minimum absolute atomic E-state index is 0.114. The maximum absolute atomic E-state index is 12.3. The Bertz CT molecular complexity index is 777. The molecule has 0 unspecified atom stereocenters. The number of aromatic hydroxyl groups is 1. The van der Waals surface area contributed by atoms with Crippen molar-refractivity contribution >= 4 is 5.97 Å². The second kappa shape index (κ2) is 6.17. The van der Waals surface area contributed by atoms with Crippen LogP contribution in [0, 0.1) is 0 Å². The topological polar surface area (TPSA) is 65.0 Å². The van der Waals surface area contributed by atoms with E-state index in [1.54, 1.807) is 18.2 Å². The molecule has 1 N–H and O–H groups in total. The zero-order valence-electron chi connectivity index (χ0n) is 13.2. The van der Waals surface area contributed by atoms with E-state index in [-0.39, 0.29) is 24.4 Å². The molecule has 124 valence electrons. The first-order valence-corrected chi connectivity index (χ1v) is 8.08. The Kier molecular flexibility index (Phi) is 3.86. The highest BCUT2D eigenvalue weighted by Gasteiger charge is 2.23. The molecule has 0 atom stereocenters. The van der Waals surface area contributed by atoms with E-state index in [0.29, 0.717) is 24.5 Å². The van der Waals surface area contributed by atoms with E-state index < -0.39 is 0 Å². The number of esters is 1. The molecule has 5 nitrogen and oxygen atoms in total. The van der Waals surface area contributed by atoms with Crippen molar-refractivity contribution in [3.63, 3.8) is 0 Å². The van der Waals surface area contributed by atoms with E-state index in [0.717, 1.165) is 29.5 Å². The molecule has 2 aromatic rings. The Hall–Kier alpha value is -2.53. The lowest BCUT2D eigenvalue weighted by Crippen LogP contribution is -2.25. The minimum atomic E-state index is -0.377. The number of fused-ring (bicyclic) bond motifs is 3. The van der Waals surface area contributed by atoms with Gasteiger partial charge in [-0.1, -0.05) is 6.07 Å². The number of phenols is 1. The standard InChI is InChI=1S/C19H18O5/c20-13-1-3-16-12(9-13)11-23-19(21)18-10-15(2-4-17(16)18)24-14-5-7-22-8-6-14/h1-4,9-10,14,20H,5-8,11H2. The van der Waals surface area contributed by atoms with Crippen molar-refractivity contribution in [1.29, 1.82) is 0 Å². The number of hydrogen-bond donors (Lipinski definition) is 1. The summed E-state index contributed by atoms with van der Waals surface area (Å²) in [6.45, 7) is 1.55. The van der Waals surface area contributed by atoms with Crippen LogP contribution in [0.15, 0.2) is 36.4 Å². The molecule has 0 radical (unpaired) electrons. The molecule has 4 rings (SSSR count). The van der Waals surface area contributed by atoms with Crippen molar-refractivity contribution in [3.8, 4) is 22.6 Å². The molecule has 0 spiro atoms. The summed E-state index contributed by atoms with van der Waals surface area (Å²) in [4.78, 5) is 12.3. The monoisotopic (exact) mass is 326 g/mol. The van der Waals surface area contributed by atoms with Crippen molar-refractivity contribution < 1.29 is 24.1 Å². The van der Waals surface area contributed by atoms with Gasteiger partial charge in [-0.15, -0.1) is 0 Å². The zero-order valence-corrected chi connectivity index (χ0v) is 13.2. The summed E-state index contributed by atoms with van der Waals surface area (Å²) in [6, 6.07) is 10.6. The van der Waals surface area contributed by atoms with Gasteiger partial charge >= 0.3 is 5.97 Å². The van der Waals surface area contributed by atoms with Gasteiger partial charge in [-0.25, -0.2) is 4.79 Å². The van der Waals surface area contributed by atoms with Gasteiger partial charge in [0, 0.05) is 18.4 Å². The third-order valence-electron chi connectivity index (χ3n) is 4.42. The van der Waals surface area contributed by atoms with Gasteiger partial charge in [0.1, 0.15) is 24.2 Å². The van der Waals surface area contributed by atoms with Gasteiger partial charge < -0.3 is 19.3 Å². The summed E-state index contributed by atoms with van der Waals surface area (Å²) < 4.78 is 16.7.